The lowest BCUT2D eigenvalue weighted by Crippen LogP contribution is -2.48. The molecule has 1 unspecified atom stereocenters. The Morgan fingerprint density at radius 3 is 3.06 bits per heavy atom. The van der Waals surface area contributed by atoms with E-state index in [1.54, 1.807) is 0 Å². The van der Waals surface area contributed by atoms with Crippen molar-refractivity contribution in [2.24, 2.45) is 5.73 Å². The lowest BCUT2D eigenvalue weighted by Gasteiger charge is -2.27. The van der Waals surface area contributed by atoms with Crippen molar-refractivity contribution in [1.29, 1.82) is 0 Å². The Morgan fingerprint density at radius 2 is 2.50 bits per heavy atom. The minimum absolute atomic E-state index is 0.0245. The van der Waals surface area contributed by atoms with Crippen molar-refractivity contribution in [3.05, 3.63) is 12.1 Å². The van der Waals surface area contributed by atoms with Gasteiger partial charge in [0.05, 0.1) is 12.6 Å². The van der Waals surface area contributed by atoms with E-state index in [1.807, 2.05) is 0 Å². The number of hydrogen-bond acceptors (Lipinski definition) is 8. The van der Waals surface area contributed by atoms with Gasteiger partial charge in [0.1, 0.15) is 6.33 Å². The molecule has 2 heterocycles. The van der Waals surface area contributed by atoms with E-state index in [1.165, 1.54) is 6.33 Å². The summed E-state index contributed by atoms with van der Waals surface area (Å²) in [6, 6.07) is -0.0521. The number of carbonyl (C=O) groups excluding carboxylic acids is 1. The van der Waals surface area contributed by atoms with Crippen LogP contribution in [0.25, 0.3) is 5.70 Å². The summed E-state index contributed by atoms with van der Waals surface area (Å²) >= 11 is 4.15. The number of carbonyl (C=O) groups is 1. The zero-order valence-corrected chi connectivity index (χ0v) is 10.2. The van der Waals surface area contributed by atoms with Crippen molar-refractivity contribution in [2.75, 3.05) is 18.1 Å². The molecule has 0 radical (unpaired) electrons. The number of anilines is 1. The van der Waals surface area contributed by atoms with Gasteiger partial charge in [0.2, 0.25) is 5.95 Å². The number of nitrogens with zero attached hydrogens (tertiary/aromatic N) is 3. The van der Waals surface area contributed by atoms with Gasteiger partial charge < -0.3 is 16.8 Å². The van der Waals surface area contributed by atoms with E-state index in [9.17, 15) is 4.79 Å². The summed E-state index contributed by atoms with van der Waals surface area (Å²) in [7, 11) is 0. The number of hydroxylamine groups is 1. The predicted octanol–water partition coefficient (Wildman–Crippen LogP) is -2.11. The maximum absolute atomic E-state index is 11.5. The summed E-state index contributed by atoms with van der Waals surface area (Å²) in [4.78, 5) is 20.4. The minimum atomic E-state index is -0.717. The van der Waals surface area contributed by atoms with Gasteiger partial charge in [0.15, 0.2) is 11.5 Å². The van der Waals surface area contributed by atoms with Gasteiger partial charge in [0, 0.05) is 5.75 Å². The van der Waals surface area contributed by atoms with E-state index in [2.05, 4.69) is 33.5 Å². The molecular formula is C8H13N7O2S. The third kappa shape index (κ3) is 2.33. The second kappa shape index (κ2) is 5.14. The quantitative estimate of drug-likeness (QED) is 0.314. The van der Waals surface area contributed by atoms with E-state index >= 15 is 0 Å². The summed E-state index contributed by atoms with van der Waals surface area (Å²) in [6.07, 6.45) is 1.22. The number of amides is 1. The first kappa shape index (κ1) is 12.5. The molecule has 0 aromatic carbocycles. The van der Waals surface area contributed by atoms with Crippen LogP contribution in [-0.2, 0) is 9.63 Å². The Balaban J connectivity index is 2.40. The second-order valence-electron chi connectivity index (χ2n) is 3.55. The number of nitrogen functional groups attached to an aromatic ring is 1. The molecule has 98 valence electrons. The molecule has 1 fully saturated rings. The largest absolute Gasteiger partial charge is 0.368 e. The molecule has 1 aromatic rings. The van der Waals surface area contributed by atoms with E-state index in [-0.39, 0.29) is 23.5 Å². The van der Waals surface area contributed by atoms with Crippen LogP contribution in [0, 0.1) is 0 Å². The fourth-order valence-corrected chi connectivity index (χ4v) is 1.66. The van der Waals surface area contributed by atoms with Crippen LogP contribution >= 0.6 is 12.6 Å². The zero-order chi connectivity index (χ0) is 13.1. The maximum Gasteiger partial charge on any atom is 0.271 e. The summed E-state index contributed by atoms with van der Waals surface area (Å²) in [5.74, 6) is 0.146. The zero-order valence-electron chi connectivity index (χ0n) is 9.33. The summed E-state index contributed by atoms with van der Waals surface area (Å²) in [6.45, 7) is 0.409. The van der Waals surface area contributed by atoms with Crippen LogP contribution in [0.15, 0.2) is 12.1 Å². The smallest absolute Gasteiger partial charge is 0.271 e. The molecule has 1 amide bonds. The Bertz CT molecular complexity index is 486. The van der Waals surface area contributed by atoms with Crippen molar-refractivity contribution in [1.82, 2.24) is 25.6 Å². The van der Waals surface area contributed by atoms with Gasteiger partial charge in [-0.2, -0.15) is 27.4 Å². The molecular weight excluding hydrogens is 258 g/mol. The highest BCUT2D eigenvalue weighted by Crippen LogP contribution is 2.12. The molecule has 6 N–H and O–H groups in total. The maximum atomic E-state index is 11.5. The third-order valence-corrected chi connectivity index (χ3v) is 2.72. The van der Waals surface area contributed by atoms with Gasteiger partial charge in [-0.1, -0.05) is 0 Å². The van der Waals surface area contributed by atoms with Crippen molar-refractivity contribution in [2.45, 2.75) is 6.04 Å². The first-order chi connectivity index (χ1) is 8.63. The molecule has 9 nitrogen and oxygen atoms in total. The highest BCUT2D eigenvalue weighted by molar-refractivity contribution is 7.80. The summed E-state index contributed by atoms with van der Waals surface area (Å²) in [5, 5.41) is 6.85. The molecule has 10 heteroatoms. The Hall–Kier alpha value is -1.94. The summed E-state index contributed by atoms with van der Waals surface area (Å²) in [5.41, 5.74) is 13.5. The first-order valence-electron chi connectivity index (χ1n) is 5.08. The minimum Gasteiger partial charge on any atom is -0.368 e. The SMILES string of the molecule is NC(=O)/C(=C1\NOCC(CS)N1)n1ncnc1N. The number of nitrogens with two attached hydrogens (primary N) is 2. The van der Waals surface area contributed by atoms with E-state index < -0.39 is 5.91 Å². The second-order valence-corrected chi connectivity index (χ2v) is 3.92. The average molecular weight is 271 g/mol. The van der Waals surface area contributed by atoms with Gasteiger partial charge in [0.25, 0.3) is 5.91 Å². The van der Waals surface area contributed by atoms with Crippen LogP contribution in [0.1, 0.15) is 0 Å². The lowest BCUT2D eigenvalue weighted by molar-refractivity contribution is -0.113. The molecule has 18 heavy (non-hydrogen) atoms. The number of aromatic nitrogens is 3. The fraction of sp³-hybridized carbons (Fsp3) is 0.375. The first-order valence-corrected chi connectivity index (χ1v) is 5.72. The molecule has 1 atom stereocenters. The van der Waals surface area contributed by atoms with Crippen LogP contribution in [-0.4, -0.2) is 39.1 Å². The van der Waals surface area contributed by atoms with Crippen molar-refractivity contribution < 1.29 is 9.63 Å². The highest BCUT2D eigenvalue weighted by Gasteiger charge is 2.24. The summed E-state index contributed by atoms with van der Waals surface area (Å²) < 4.78 is 1.13. The average Bonchev–Trinajstić information content (AvgIpc) is 2.76. The Morgan fingerprint density at radius 1 is 1.72 bits per heavy atom. The monoisotopic (exact) mass is 271 g/mol. The van der Waals surface area contributed by atoms with Crippen molar-refractivity contribution >= 4 is 30.2 Å². The van der Waals surface area contributed by atoms with Crippen LogP contribution in [0.5, 0.6) is 0 Å². The van der Waals surface area contributed by atoms with Crippen LogP contribution in [0.4, 0.5) is 5.95 Å². The van der Waals surface area contributed by atoms with Gasteiger partial charge in [-0.05, 0) is 0 Å². The fourth-order valence-electron chi connectivity index (χ4n) is 1.46. The van der Waals surface area contributed by atoms with Gasteiger partial charge in [-0.3, -0.25) is 9.63 Å². The van der Waals surface area contributed by atoms with Gasteiger partial charge >= 0.3 is 0 Å². The molecule has 1 saturated heterocycles. The third-order valence-electron chi connectivity index (χ3n) is 2.28. The lowest BCUT2D eigenvalue weighted by atomic mass is 10.3. The predicted molar refractivity (Wildman–Crippen MR) is 66.7 cm³/mol. The molecule has 2 rings (SSSR count). The molecule has 1 aromatic heterocycles. The number of nitrogens with one attached hydrogen (secondary N) is 2. The molecule has 0 saturated carbocycles. The standard InChI is InChI=1S/C8H13N7O2S/c9-6(16)5(15-8(10)11-3-12-15)7-13-4(2-18)1-17-14-7/h3-4,13-14,18H,1-2H2,(H2,9,16)(H2,10,11,12)/b7-5+. The van der Waals surface area contributed by atoms with E-state index in [0.29, 0.717) is 12.4 Å². The van der Waals surface area contributed by atoms with Gasteiger partial charge in [-0.15, -0.1) is 0 Å². The van der Waals surface area contributed by atoms with Crippen molar-refractivity contribution in [3.63, 3.8) is 0 Å². The number of primary amides is 1. The highest BCUT2D eigenvalue weighted by atomic mass is 32.1. The normalized spacial score (nSPS) is 21.9. The number of thiol groups is 1. The van der Waals surface area contributed by atoms with Crippen LogP contribution in [0.2, 0.25) is 0 Å². The van der Waals surface area contributed by atoms with Crippen LogP contribution in [0.3, 0.4) is 0 Å². The van der Waals surface area contributed by atoms with Crippen molar-refractivity contribution in [3.8, 4) is 0 Å². The Kier molecular flexibility index (Phi) is 3.58. The molecule has 0 spiro atoms. The van der Waals surface area contributed by atoms with Crippen LogP contribution < -0.4 is 22.3 Å². The molecule has 0 aliphatic carbocycles. The van der Waals surface area contributed by atoms with Gasteiger partial charge in [-0.25, -0.2) is 5.48 Å². The molecule has 0 bridgehead atoms. The number of hydrogen-bond donors (Lipinski definition) is 5. The topological polar surface area (TPSA) is 133 Å². The molecule has 1 aliphatic rings. The number of rotatable bonds is 3. The van der Waals surface area contributed by atoms with E-state index in [4.69, 9.17) is 16.3 Å². The molecule has 1 aliphatic heterocycles. The van der Waals surface area contributed by atoms with E-state index in [0.717, 1.165) is 4.68 Å². The Labute approximate surface area is 108 Å².